The molecule has 0 spiro atoms. The van der Waals surface area contributed by atoms with E-state index < -0.39 is 18.9 Å². The summed E-state index contributed by atoms with van der Waals surface area (Å²) in [4.78, 5) is 7.12. The molecule has 1 atom stereocenters. The molecule has 2 aromatic carbocycles. The average molecular weight is 463 g/mol. The lowest BCUT2D eigenvalue weighted by atomic mass is 10.0. The molecule has 0 radical (unpaired) electrons. The third kappa shape index (κ3) is 4.98. The summed E-state index contributed by atoms with van der Waals surface area (Å²) in [6, 6.07) is 14.9. The monoisotopic (exact) mass is 462 g/mol. The second kappa shape index (κ2) is 9.10. The molecular formula is C23H18ClF3N2O3. The Morgan fingerprint density at radius 3 is 2.53 bits per heavy atom. The first-order valence-electron chi connectivity index (χ1n) is 9.61. The van der Waals surface area contributed by atoms with Gasteiger partial charge in [-0.15, -0.1) is 0 Å². The number of rotatable bonds is 7. The quantitative estimate of drug-likeness (QED) is 0.363. The normalized spacial score (nSPS) is 12.7. The van der Waals surface area contributed by atoms with Crippen molar-refractivity contribution in [3.63, 3.8) is 0 Å². The van der Waals surface area contributed by atoms with Gasteiger partial charge in [-0.3, -0.25) is 0 Å². The van der Waals surface area contributed by atoms with Gasteiger partial charge in [0.1, 0.15) is 18.4 Å². The van der Waals surface area contributed by atoms with Gasteiger partial charge in [-0.05, 0) is 35.9 Å². The van der Waals surface area contributed by atoms with Crippen LogP contribution in [-0.2, 0) is 6.61 Å². The largest absolute Gasteiger partial charge is 0.485 e. The second-order valence-electron chi connectivity index (χ2n) is 7.04. The third-order valence-electron chi connectivity index (χ3n) is 4.77. The summed E-state index contributed by atoms with van der Waals surface area (Å²) in [5, 5.41) is 12.3. The average Bonchev–Trinajstić information content (AvgIpc) is 3.20. The Kier molecular flexibility index (Phi) is 6.25. The van der Waals surface area contributed by atoms with Crippen LogP contribution >= 0.6 is 11.6 Å². The number of para-hydroxylation sites is 1. The number of aromatic nitrogens is 2. The highest BCUT2D eigenvalue weighted by molar-refractivity contribution is 6.30. The van der Waals surface area contributed by atoms with Gasteiger partial charge in [0, 0.05) is 33.9 Å². The van der Waals surface area contributed by atoms with Crippen LogP contribution in [0.3, 0.4) is 0 Å². The van der Waals surface area contributed by atoms with Crippen molar-refractivity contribution in [1.29, 1.82) is 0 Å². The molecule has 2 heterocycles. The highest BCUT2D eigenvalue weighted by Gasteiger charge is 2.31. The van der Waals surface area contributed by atoms with Gasteiger partial charge in [0.15, 0.2) is 18.1 Å². The molecule has 2 N–H and O–H groups in total. The van der Waals surface area contributed by atoms with E-state index in [4.69, 9.17) is 21.1 Å². The maximum Gasteiger partial charge on any atom is 0.422 e. The molecule has 0 amide bonds. The Bertz CT molecular complexity index is 1210. The van der Waals surface area contributed by atoms with Crippen LogP contribution in [0.5, 0.6) is 11.5 Å². The zero-order valence-electron chi connectivity index (χ0n) is 16.6. The number of fused-ring (bicyclic) bond motifs is 1. The molecule has 0 aliphatic heterocycles. The van der Waals surface area contributed by atoms with Gasteiger partial charge in [-0.1, -0.05) is 35.9 Å². The molecule has 0 bridgehead atoms. The third-order valence-corrected chi connectivity index (χ3v) is 5.02. The number of halogens is 4. The minimum absolute atomic E-state index is 0.0795. The first kappa shape index (κ1) is 22.0. The van der Waals surface area contributed by atoms with E-state index in [1.54, 1.807) is 54.9 Å². The van der Waals surface area contributed by atoms with Crippen molar-refractivity contribution in [2.24, 2.45) is 0 Å². The minimum atomic E-state index is -4.56. The molecule has 0 fully saturated rings. The number of aliphatic hydroxyl groups is 1. The Balaban J connectivity index is 1.68. The predicted molar refractivity (Wildman–Crippen MR) is 114 cm³/mol. The Morgan fingerprint density at radius 2 is 1.78 bits per heavy atom. The standard InChI is InChI=1S/C23H18ClF3N2O3/c24-15-8-6-14(7-9-15)12-31-19-5-1-3-17(21(19)32-13-23(25,26)27)20(30)18-11-29-22-16(18)4-2-10-28-22/h1-11,20,30H,12-13H2,(H,28,29). The van der Waals surface area contributed by atoms with Crippen LogP contribution in [0.15, 0.2) is 67.0 Å². The lowest BCUT2D eigenvalue weighted by molar-refractivity contribution is -0.153. The van der Waals surface area contributed by atoms with Gasteiger partial charge < -0.3 is 19.6 Å². The molecule has 4 aromatic rings. The lowest BCUT2D eigenvalue weighted by Crippen LogP contribution is -2.20. The maximum atomic E-state index is 12.9. The summed E-state index contributed by atoms with van der Waals surface area (Å²) in [7, 11) is 0. The van der Waals surface area contributed by atoms with E-state index >= 15 is 0 Å². The number of H-pyrrole nitrogens is 1. The van der Waals surface area contributed by atoms with Crippen molar-refractivity contribution < 1.29 is 27.8 Å². The van der Waals surface area contributed by atoms with Gasteiger partial charge in [-0.2, -0.15) is 13.2 Å². The van der Waals surface area contributed by atoms with Crippen molar-refractivity contribution in [1.82, 2.24) is 9.97 Å². The summed E-state index contributed by atoms with van der Waals surface area (Å²) >= 11 is 5.88. The van der Waals surface area contributed by atoms with E-state index in [1.807, 2.05) is 0 Å². The molecule has 0 saturated carbocycles. The Morgan fingerprint density at radius 1 is 1.00 bits per heavy atom. The van der Waals surface area contributed by atoms with Crippen LogP contribution < -0.4 is 9.47 Å². The zero-order valence-corrected chi connectivity index (χ0v) is 17.3. The van der Waals surface area contributed by atoms with Gasteiger partial charge in [0.2, 0.25) is 0 Å². The number of hydrogen-bond donors (Lipinski definition) is 2. The molecule has 0 aliphatic rings. The van der Waals surface area contributed by atoms with E-state index in [-0.39, 0.29) is 23.7 Å². The van der Waals surface area contributed by atoms with Crippen molar-refractivity contribution >= 4 is 22.6 Å². The number of alkyl halides is 3. The molecule has 32 heavy (non-hydrogen) atoms. The van der Waals surface area contributed by atoms with Crippen molar-refractivity contribution in [3.8, 4) is 11.5 Å². The summed E-state index contributed by atoms with van der Waals surface area (Å²) in [6.45, 7) is -1.44. The molecule has 4 rings (SSSR count). The van der Waals surface area contributed by atoms with Gasteiger partial charge in [-0.25, -0.2) is 4.98 Å². The minimum Gasteiger partial charge on any atom is -0.485 e. The van der Waals surface area contributed by atoms with E-state index in [0.29, 0.717) is 21.6 Å². The van der Waals surface area contributed by atoms with E-state index in [9.17, 15) is 18.3 Å². The molecule has 166 valence electrons. The predicted octanol–water partition coefficient (Wildman–Crippen LogP) is 5.82. The molecule has 1 unspecified atom stereocenters. The number of hydrogen-bond acceptors (Lipinski definition) is 4. The van der Waals surface area contributed by atoms with E-state index in [2.05, 4.69) is 9.97 Å². The van der Waals surface area contributed by atoms with Crippen molar-refractivity contribution in [3.05, 3.63) is 88.7 Å². The van der Waals surface area contributed by atoms with Crippen LogP contribution in [0.4, 0.5) is 13.2 Å². The Labute approximate surface area is 186 Å². The van der Waals surface area contributed by atoms with Crippen LogP contribution in [-0.4, -0.2) is 27.9 Å². The van der Waals surface area contributed by atoms with Gasteiger partial charge in [0.25, 0.3) is 0 Å². The topological polar surface area (TPSA) is 67.4 Å². The number of ether oxygens (including phenoxy) is 2. The lowest BCUT2D eigenvalue weighted by Gasteiger charge is -2.20. The van der Waals surface area contributed by atoms with E-state index in [0.717, 1.165) is 5.56 Å². The fourth-order valence-corrected chi connectivity index (χ4v) is 3.41. The first-order chi connectivity index (χ1) is 15.3. The van der Waals surface area contributed by atoms with E-state index in [1.165, 1.54) is 12.1 Å². The summed E-state index contributed by atoms with van der Waals surface area (Å²) < 4.78 is 49.6. The number of aromatic amines is 1. The summed E-state index contributed by atoms with van der Waals surface area (Å²) in [5.74, 6) is -0.0942. The first-order valence-corrected chi connectivity index (χ1v) is 9.99. The highest BCUT2D eigenvalue weighted by Crippen LogP contribution is 2.40. The maximum absolute atomic E-state index is 12.9. The molecule has 2 aromatic heterocycles. The smallest absolute Gasteiger partial charge is 0.422 e. The summed E-state index contributed by atoms with van der Waals surface area (Å²) in [6.07, 6.45) is -2.67. The Hall–Kier alpha value is -3.23. The number of pyridine rings is 1. The molecule has 0 saturated heterocycles. The molecule has 0 aliphatic carbocycles. The number of benzene rings is 2. The fraction of sp³-hybridized carbons (Fsp3) is 0.174. The second-order valence-corrected chi connectivity index (χ2v) is 7.48. The summed E-state index contributed by atoms with van der Waals surface area (Å²) in [5.41, 5.74) is 1.92. The van der Waals surface area contributed by atoms with Gasteiger partial charge >= 0.3 is 6.18 Å². The van der Waals surface area contributed by atoms with Gasteiger partial charge in [0.05, 0.1) is 0 Å². The van der Waals surface area contributed by atoms with Crippen LogP contribution in [0, 0.1) is 0 Å². The number of nitrogens with one attached hydrogen (secondary N) is 1. The fourth-order valence-electron chi connectivity index (χ4n) is 3.28. The molecule has 9 heteroatoms. The number of nitrogens with zero attached hydrogens (tertiary/aromatic N) is 1. The molecular weight excluding hydrogens is 445 g/mol. The van der Waals surface area contributed by atoms with Crippen LogP contribution in [0.25, 0.3) is 11.0 Å². The highest BCUT2D eigenvalue weighted by atomic mass is 35.5. The molecule has 5 nitrogen and oxygen atoms in total. The van der Waals surface area contributed by atoms with Crippen molar-refractivity contribution in [2.45, 2.75) is 18.9 Å². The van der Waals surface area contributed by atoms with Crippen LogP contribution in [0.1, 0.15) is 22.8 Å². The SMILES string of the molecule is OC(c1cccc(OCc2ccc(Cl)cc2)c1OCC(F)(F)F)c1c[nH]c2ncccc12. The number of aliphatic hydroxyl groups excluding tert-OH is 1. The van der Waals surface area contributed by atoms with Crippen LogP contribution in [0.2, 0.25) is 5.02 Å². The zero-order chi connectivity index (χ0) is 22.7. The van der Waals surface area contributed by atoms with Crippen molar-refractivity contribution in [2.75, 3.05) is 6.61 Å².